The maximum atomic E-state index is 10.4. The molecule has 2 aromatic rings. The summed E-state index contributed by atoms with van der Waals surface area (Å²) >= 11 is 0. The van der Waals surface area contributed by atoms with Crippen LogP contribution < -0.4 is 45.0 Å². The second kappa shape index (κ2) is 26.6. The predicted octanol–water partition coefficient (Wildman–Crippen LogP) is -3.83. The molecule has 0 bridgehead atoms. The van der Waals surface area contributed by atoms with Crippen molar-refractivity contribution in [2.24, 2.45) is 58.5 Å². The van der Waals surface area contributed by atoms with E-state index in [1.165, 1.54) is 0 Å². The van der Waals surface area contributed by atoms with Crippen LogP contribution in [0.4, 0.5) is 0 Å². The maximum Gasteiger partial charge on any atom is 0.320 e. The van der Waals surface area contributed by atoms with Gasteiger partial charge in [-0.15, -0.1) is 0 Å². The number of aromatic nitrogens is 4. The van der Waals surface area contributed by atoms with Gasteiger partial charge in [0.1, 0.15) is 24.2 Å². The number of imidazole rings is 2. The monoisotopic (exact) mass is 714 g/mol. The first kappa shape index (κ1) is 46.8. The molecule has 0 radical (unpaired) electrons. The summed E-state index contributed by atoms with van der Waals surface area (Å²) in [6.45, 7) is 1.17. The van der Waals surface area contributed by atoms with E-state index in [2.05, 4.69) is 30.6 Å². The van der Waals surface area contributed by atoms with Gasteiger partial charge in [0.15, 0.2) is 11.9 Å². The number of carboxylic acid groups (broad SMARTS) is 4. The highest BCUT2D eigenvalue weighted by Crippen LogP contribution is 2.00. The molecule has 0 aliphatic carbocycles. The fourth-order valence-corrected chi connectivity index (χ4v) is 3.26. The lowest BCUT2D eigenvalue weighted by molar-refractivity contribution is -0.139. The van der Waals surface area contributed by atoms with Crippen molar-refractivity contribution in [1.29, 1.82) is 0 Å². The molecule has 2 aromatic heterocycles. The molecular weight excluding hydrogens is 660 g/mol. The van der Waals surface area contributed by atoms with E-state index < -0.39 is 48.0 Å². The third-order valence-corrected chi connectivity index (χ3v) is 6.28. The Bertz CT molecular complexity index is 1310. The van der Waals surface area contributed by atoms with Crippen LogP contribution in [-0.2, 0) is 46.1 Å². The second-order valence-corrected chi connectivity index (χ2v) is 10.6. The van der Waals surface area contributed by atoms with Crippen LogP contribution in [0.2, 0.25) is 0 Å². The topological polar surface area (TPSA) is 390 Å². The number of carbonyl (C=O) groups is 4. The van der Waals surface area contributed by atoms with Crippen LogP contribution in [0.15, 0.2) is 35.0 Å². The highest BCUT2D eigenvalue weighted by molar-refractivity contribution is 5.78. The van der Waals surface area contributed by atoms with Gasteiger partial charge in [0.05, 0.1) is 18.3 Å². The Morgan fingerprint density at radius 3 is 1.48 bits per heavy atom. The number of nitrogens with zero attached hydrogens (tertiary/aromatic N) is 6. The SMILES string of the molecule is CN=C(N)NCCC[C@H](N)C(=O)O.CN=C(N)NCCC[C@H](N)C(=O)O.Cn1cnc(C[C@H](N)C(=O)O)c1.Cn1cncc1C[C@H](N)C(=O)O. The second-order valence-electron chi connectivity index (χ2n) is 10.6. The molecule has 0 saturated heterocycles. The van der Waals surface area contributed by atoms with Crippen molar-refractivity contribution in [3.63, 3.8) is 0 Å². The first-order chi connectivity index (χ1) is 23.4. The molecule has 2 heterocycles. The molecule has 22 nitrogen and oxygen atoms in total. The fraction of sp³-hybridized carbons (Fsp3) is 0.571. The summed E-state index contributed by atoms with van der Waals surface area (Å²) in [4.78, 5) is 56.5. The van der Waals surface area contributed by atoms with E-state index >= 15 is 0 Å². The van der Waals surface area contributed by atoms with Gasteiger partial charge >= 0.3 is 23.9 Å². The van der Waals surface area contributed by atoms with Crippen molar-refractivity contribution in [3.05, 3.63) is 36.4 Å². The third kappa shape index (κ3) is 23.9. The molecule has 0 spiro atoms. The molecule has 0 aliphatic rings. The van der Waals surface area contributed by atoms with E-state index in [1.807, 2.05) is 7.05 Å². The molecule has 0 unspecified atom stereocenters. The van der Waals surface area contributed by atoms with Gasteiger partial charge in [-0.1, -0.05) is 0 Å². The number of rotatable bonds is 16. The average molecular weight is 715 g/mol. The Labute approximate surface area is 290 Å². The van der Waals surface area contributed by atoms with E-state index in [0.717, 1.165) is 5.69 Å². The highest BCUT2D eigenvalue weighted by atomic mass is 16.4. The number of guanidine groups is 2. The summed E-state index contributed by atoms with van der Waals surface area (Å²) < 4.78 is 3.51. The zero-order chi connectivity index (χ0) is 38.8. The minimum Gasteiger partial charge on any atom is -0.480 e. The molecule has 0 fully saturated rings. The minimum absolute atomic E-state index is 0.274. The van der Waals surface area contributed by atoms with Gasteiger partial charge in [0.2, 0.25) is 0 Å². The summed E-state index contributed by atoms with van der Waals surface area (Å²) in [6.07, 6.45) is 9.35. The predicted molar refractivity (Wildman–Crippen MR) is 186 cm³/mol. The Kier molecular flexibility index (Phi) is 24.9. The number of hydrogen-bond acceptors (Lipinski definition) is 12. The molecule has 4 atom stereocenters. The van der Waals surface area contributed by atoms with Gasteiger partial charge in [-0.3, -0.25) is 29.2 Å². The fourth-order valence-electron chi connectivity index (χ4n) is 3.26. The van der Waals surface area contributed by atoms with Gasteiger partial charge in [-0.2, -0.15) is 0 Å². The van der Waals surface area contributed by atoms with Crippen molar-refractivity contribution >= 4 is 35.8 Å². The number of aliphatic carboxylic acids is 4. The van der Waals surface area contributed by atoms with Crippen molar-refractivity contribution in [1.82, 2.24) is 29.7 Å². The summed E-state index contributed by atoms with van der Waals surface area (Å²) in [5.41, 5.74) is 33.4. The van der Waals surface area contributed by atoms with Crippen molar-refractivity contribution in [2.75, 3.05) is 27.2 Å². The number of carboxylic acids is 4. The Morgan fingerprint density at radius 2 is 1.16 bits per heavy atom. The normalized spacial score (nSPS) is 13.4. The molecule has 0 aromatic carbocycles. The Hall–Kier alpha value is -5.32. The van der Waals surface area contributed by atoms with Gasteiger partial charge in [0.25, 0.3) is 0 Å². The maximum absolute atomic E-state index is 10.4. The summed E-state index contributed by atoms with van der Waals surface area (Å²) in [5.74, 6) is -3.24. The molecule has 0 aliphatic heterocycles. The number of hydrogen-bond donors (Lipinski definition) is 12. The van der Waals surface area contributed by atoms with Crippen LogP contribution in [0.5, 0.6) is 0 Å². The quantitative estimate of drug-likeness (QED) is 0.0450. The molecular formula is C28H54N14O8. The molecule has 22 heteroatoms. The van der Waals surface area contributed by atoms with Crippen molar-refractivity contribution in [2.45, 2.75) is 62.7 Å². The Morgan fingerprint density at radius 1 is 0.740 bits per heavy atom. The van der Waals surface area contributed by atoms with Gasteiger partial charge < -0.3 is 74.6 Å². The molecule has 18 N–H and O–H groups in total. The van der Waals surface area contributed by atoms with Gasteiger partial charge in [0, 0.05) is 72.2 Å². The molecule has 2 rings (SSSR count). The van der Waals surface area contributed by atoms with E-state index in [9.17, 15) is 19.2 Å². The van der Waals surface area contributed by atoms with Gasteiger partial charge in [-0.05, 0) is 25.7 Å². The van der Waals surface area contributed by atoms with Crippen LogP contribution in [-0.4, -0.2) is 127 Å². The van der Waals surface area contributed by atoms with E-state index in [1.54, 1.807) is 55.3 Å². The Balaban J connectivity index is 0. The number of aliphatic imine (C=N–C) groups is 2. The standard InChI is InChI=1S/2C7H16N4O2.2C7H11N3O2/c2*1-10-7(9)11-4-2-3-5(8)6(12)13;1-10-3-5(9-4-10)2-6(8)7(11)12;1-10-4-9-3-5(10)2-6(8)7(11)12/h2*5H,2-4,8H2,1H3,(H,12,13)(H3,9,10,11);2*3-4,6H,2,8H2,1H3,(H,11,12)/t2*5-;2*6-/m0000/s1. The first-order valence-corrected chi connectivity index (χ1v) is 15.1. The van der Waals surface area contributed by atoms with Crippen molar-refractivity contribution < 1.29 is 39.6 Å². The lowest BCUT2D eigenvalue weighted by atomic mass is 10.2. The van der Waals surface area contributed by atoms with Crippen LogP contribution in [0, 0.1) is 0 Å². The third-order valence-electron chi connectivity index (χ3n) is 6.28. The smallest absolute Gasteiger partial charge is 0.320 e. The van der Waals surface area contributed by atoms with Crippen LogP contribution in [0.25, 0.3) is 0 Å². The zero-order valence-corrected chi connectivity index (χ0v) is 28.8. The summed E-state index contributed by atoms with van der Waals surface area (Å²) in [5, 5.41) is 39.5. The lowest BCUT2D eigenvalue weighted by Crippen LogP contribution is -2.34. The van der Waals surface area contributed by atoms with Crippen molar-refractivity contribution in [3.8, 4) is 0 Å². The highest BCUT2D eigenvalue weighted by Gasteiger charge is 2.14. The average Bonchev–Trinajstić information content (AvgIpc) is 3.67. The van der Waals surface area contributed by atoms with E-state index in [4.69, 9.17) is 54.8 Å². The lowest BCUT2D eigenvalue weighted by Gasteiger charge is -2.07. The van der Waals surface area contributed by atoms with Gasteiger partial charge in [-0.25, -0.2) is 9.97 Å². The molecule has 0 saturated carbocycles. The summed E-state index contributed by atoms with van der Waals surface area (Å²) in [6, 6.07) is -3.29. The number of aryl methyl sites for hydroxylation is 2. The van der Waals surface area contributed by atoms with Crippen LogP contribution in [0.3, 0.4) is 0 Å². The number of nitrogens with two attached hydrogens (primary N) is 6. The minimum atomic E-state index is -0.999. The van der Waals surface area contributed by atoms with E-state index in [0.29, 0.717) is 62.8 Å². The summed E-state index contributed by atoms with van der Waals surface area (Å²) in [7, 11) is 6.77. The van der Waals surface area contributed by atoms with Crippen LogP contribution in [0.1, 0.15) is 37.1 Å². The zero-order valence-electron chi connectivity index (χ0n) is 28.8. The van der Waals surface area contributed by atoms with E-state index in [-0.39, 0.29) is 6.42 Å². The largest absolute Gasteiger partial charge is 0.480 e. The van der Waals surface area contributed by atoms with Crippen LogP contribution >= 0.6 is 0 Å². The number of nitrogens with one attached hydrogen (secondary N) is 2. The first-order valence-electron chi connectivity index (χ1n) is 15.1. The molecule has 284 valence electrons. The molecule has 50 heavy (non-hydrogen) atoms. The molecule has 0 amide bonds.